The number of carbonyl (C=O) groups excluding carboxylic acids is 1. The Kier molecular flexibility index (Phi) is 4.82. The van der Waals surface area contributed by atoms with E-state index in [4.69, 9.17) is 0 Å². The number of fused-ring (bicyclic) bond motifs is 1. The Bertz CT molecular complexity index is 529. The highest BCUT2D eigenvalue weighted by Gasteiger charge is 2.27. The fourth-order valence-electron chi connectivity index (χ4n) is 2.41. The lowest BCUT2D eigenvalue weighted by Gasteiger charge is -2.21. The second kappa shape index (κ2) is 6.43. The molecule has 0 atom stereocenters. The van der Waals surface area contributed by atoms with E-state index in [1.54, 1.807) is 0 Å². The van der Waals surface area contributed by atoms with Gasteiger partial charge in [-0.2, -0.15) is 13.2 Å². The molecule has 0 saturated carbocycles. The monoisotopic (exact) mass is 301 g/mol. The van der Waals surface area contributed by atoms with E-state index in [0.717, 1.165) is 41.9 Å². The molecule has 116 valence electrons. The molecule has 1 aromatic rings. The SMILES string of the molecule is Cc1ncc2c(c1CNC(=O)CCC(F)(F)F)CCNC2. The van der Waals surface area contributed by atoms with Crippen molar-refractivity contribution < 1.29 is 18.0 Å². The van der Waals surface area contributed by atoms with Crippen molar-refractivity contribution in [1.82, 2.24) is 15.6 Å². The molecule has 21 heavy (non-hydrogen) atoms. The Morgan fingerprint density at radius 3 is 2.95 bits per heavy atom. The normalized spacial score (nSPS) is 14.7. The third kappa shape index (κ3) is 4.42. The molecular weight excluding hydrogens is 283 g/mol. The lowest BCUT2D eigenvalue weighted by Crippen LogP contribution is -2.29. The average Bonchev–Trinajstić information content (AvgIpc) is 2.43. The first-order chi connectivity index (χ1) is 9.87. The van der Waals surface area contributed by atoms with Gasteiger partial charge in [0, 0.05) is 31.4 Å². The molecule has 1 aromatic heterocycles. The highest BCUT2D eigenvalue weighted by Crippen LogP contribution is 2.22. The summed E-state index contributed by atoms with van der Waals surface area (Å²) in [6.07, 6.45) is -3.27. The van der Waals surface area contributed by atoms with E-state index in [9.17, 15) is 18.0 Å². The van der Waals surface area contributed by atoms with Gasteiger partial charge in [0.15, 0.2) is 0 Å². The first-order valence-electron chi connectivity index (χ1n) is 6.87. The molecule has 0 saturated heterocycles. The van der Waals surface area contributed by atoms with E-state index in [-0.39, 0.29) is 6.54 Å². The van der Waals surface area contributed by atoms with Gasteiger partial charge < -0.3 is 10.6 Å². The zero-order valence-corrected chi connectivity index (χ0v) is 11.8. The molecule has 1 amide bonds. The summed E-state index contributed by atoms with van der Waals surface area (Å²) in [7, 11) is 0. The number of halogens is 3. The average molecular weight is 301 g/mol. The largest absolute Gasteiger partial charge is 0.389 e. The van der Waals surface area contributed by atoms with Gasteiger partial charge in [0.25, 0.3) is 0 Å². The lowest BCUT2D eigenvalue weighted by atomic mass is 9.96. The third-order valence-corrected chi connectivity index (χ3v) is 3.57. The molecule has 0 aliphatic carbocycles. The number of alkyl halides is 3. The van der Waals surface area contributed by atoms with Crippen LogP contribution in [0, 0.1) is 6.92 Å². The van der Waals surface area contributed by atoms with Crippen LogP contribution in [0.15, 0.2) is 6.20 Å². The number of aryl methyl sites for hydroxylation is 1. The minimum Gasteiger partial charge on any atom is -0.352 e. The number of carbonyl (C=O) groups is 1. The molecule has 2 N–H and O–H groups in total. The van der Waals surface area contributed by atoms with Crippen molar-refractivity contribution >= 4 is 5.91 Å². The van der Waals surface area contributed by atoms with Gasteiger partial charge in [-0.15, -0.1) is 0 Å². The van der Waals surface area contributed by atoms with E-state index in [0.29, 0.717) is 0 Å². The van der Waals surface area contributed by atoms with Crippen LogP contribution in [-0.4, -0.2) is 23.6 Å². The highest BCUT2D eigenvalue weighted by molar-refractivity contribution is 5.76. The maximum Gasteiger partial charge on any atom is 0.389 e. The molecule has 0 spiro atoms. The van der Waals surface area contributed by atoms with E-state index >= 15 is 0 Å². The zero-order valence-electron chi connectivity index (χ0n) is 11.8. The van der Waals surface area contributed by atoms with Gasteiger partial charge in [0.2, 0.25) is 5.91 Å². The van der Waals surface area contributed by atoms with Crippen LogP contribution in [0.3, 0.4) is 0 Å². The molecule has 0 bridgehead atoms. The molecule has 4 nitrogen and oxygen atoms in total. The first kappa shape index (κ1) is 15.8. The quantitative estimate of drug-likeness (QED) is 0.894. The Morgan fingerprint density at radius 2 is 2.24 bits per heavy atom. The topological polar surface area (TPSA) is 54.0 Å². The van der Waals surface area contributed by atoms with E-state index in [1.807, 2.05) is 13.1 Å². The lowest BCUT2D eigenvalue weighted by molar-refractivity contribution is -0.144. The molecule has 2 heterocycles. The number of rotatable bonds is 4. The number of hydrogen-bond donors (Lipinski definition) is 2. The summed E-state index contributed by atoms with van der Waals surface area (Å²) >= 11 is 0. The predicted molar refractivity (Wildman–Crippen MR) is 71.5 cm³/mol. The molecule has 1 aliphatic rings. The van der Waals surface area contributed by atoms with Gasteiger partial charge in [-0.25, -0.2) is 0 Å². The number of hydrogen-bond acceptors (Lipinski definition) is 3. The Morgan fingerprint density at radius 1 is 1.48 bits per heavy atom. The first-order valence-corrected chi connectivity index (χ1v) is 6.87. The molecule has 0 unspecified atom stereocenters. The number of pyridine rings is 1. The number of amides is 1. The van der Waals surface area contributed by atoms with E-state index in [2.05, 4.69) is 15.6 Å². The summed E-state index contributed by atoms with van der Waals surface area (Å²) in [5.74, 6) is -0.585. The molecule has 7 heteroatoms. The summed E-state index contributed by atoms with van der Waals surface area (Å²) in [6.45, 7) is 3.67. The minimum atomic E-state index is -4.30. The van der Waals surface area contributed by atoms with Crippen molar-refractivity contribution in [2.75, 3.05) is 6.54 Å². The summed E-state index contributed by atoms with van der Waals surface area (Å²) in [5.41, 5.74) is 3.98. The van der Waals surface area contributed by atoms with Crippen LogP contribution >= 0.6 is 0 Å². The van der Waals surface area contributed by atoms with Crippen LogP contribution in [0.5, 0.6) is 0 Å². The predicted octanol–water partition coefficient (Wildman–Crippen LogP) is 1.99. The fraction of sp³-hybridized carbons (Fsp3) is 0.571. The second-order valence-corrected chi connectivity index (χ2v) is 5.14. The Balaban J connectivity index is 1.98. The maximum atomic E-state index is 12.1. The minimum absolute atomic E-state index is 0.235. The van der Waals surface area contributed by atoms with Crippen LogP contribution in [-0.2, 0) is 24.3 Å². The Labute approximate surface area is 121 Å². The molecule has 1 aliphatic heterocycles. The van der Waals surface area contributed by atoms with Crippen molar-refractivity contribution in [2.24, 2.45) is 0 Å². The van der Waals surface area contributed by atoms with Gasteiger partial charge >= 0.3 is 6.18 Å². The van der Waals surface area contributed by atoms with E-state index in [1.165, 1.54) is 0 Å². The van der Waals surface area contributed by atoms with Gasteiger partial charge in [-0.3, -0.25) is 9.78 Å². The van der Waals surface area contributed by atoms with Crippen LogP contribution < -0.4 is 10.6 Å². The van der Waals surface area contributed by atoms with Crippen LogP contribution in [0.4, 0.5) is 13.2 Å². The number of aromatic nitrogens is 1. The highest BCUT2D eigenvalue weighted by atomic mass is 19.4. The van der Waals surface area contributed by atoms with Crippen LogP contribution in [0.1, 0.15) is 35.2 Å². The molecule has 0 radical (unpaired) electrons. The second-order valence-electron chi connectivity index (χ2n) is 5.14. The summed E-state index contributed by atoms with van der Waals surface area (Å²) in [6, 6.07) is 0. The van der Waals surface area contributed by atoms with Crippen molar-refractivity contribution in [1.29, 1.82) is 0 Å². The van der Waals surface area contributed by atoms with Crippen molar-refractivity contribution in [3.63, 3.8) is 0 Å². The number of nitrogens with one attached hydrogen (secondary N) is 2. The van der Waals surface area contributed by atoms with E-state index < -0.39 is 24.9 Å². The number of nitrogens with zero attached hydrogens (tertiary/aromatic N) is 1. The van der Waals surface area contributed by atoms with Crippen molar-refractivity contribution in [3.05, 3.63) is 28.6 Å². The zero-order chi connectivity index (χ0) is 15.5. The smallest absolute Gasteiger partial charge is 0.352 e. The van der Waals surface area contributed by atoms with Gasteiger partial charge in [0.1, 0.15) is 0 Å². The van der Waals surface area contributed by atoms with Crippen molar-refractivity contribution in [2.45, 2.75) is 45.5 Å². The standard InChI is InChI=1S/C14H18F3N3O/c1-9-12(8-20-13(21)2-4-14(15,16)17)11-3-5-18-6-10(11)7-19-9/h7,18H,2-6,8H2,1H3,(H,20,21). The van der Waals surface area contributed by atoms with Crippen LogP contribution in [0.25, 0.3) is 0 Å². The van der Waals surface area contributed by atoms with Gasteiger partial charge in [0.05, 0.1) is 6.42 Å². The maximum absolute atomic E-state index is 12.1. The fourth-order valence-corrected chi connectivity index (χ4v) is 2.41. The molecule has 2 rings (SSSR count). The third-order valence-electron chi connectivity index (χ3n) is 3.57. The van der Waals surface area contributed by atoms with Crippen LogP contribution in [0.2, 0.25) is 0 Å². The summed E-state index contributed by atoms with van der Waals surface area (Å²) in [4.78, 5) is 15.8. The van der Waals surface area contributed by atoms with Gasteiger partial charge in [-0.1, -0.05) is 0 Å². The molecule has 0 fully saturated rings. The Hall–Kier alpha value is -1.63. The summed E-state index contributed by atoms with van der Waals surface area (Å²) in [5, 5.41) is 5.80. The molecule has 0 aromatic carbocycles. The van der Waals surface area contributed by atoms with Gasteiger partial charge in [-0.05, 0) is 36.6 Å². The van der Waals surface area contributed by atoms with Crippen molar-refractivity contribution in [3.8, 4) is 0 Å². The summed E-state index contributed by atoms with van der Waals surface area (Å²) < 4.78 is 36.2. The molecular formula is C14H18F3N3O.